The maximum Gasteiger partial charge on any atom is 0.123 e. The normalized spacial score (nSPS) is 13.5. The first-order chi connectivity index (χ1) is 10.6. The fraction of sp³-hybridized carbons (Fsp3) is 0.250. The number of aryl methyl sites for hydroxylation is 1. The molecule has 1 atom stereocenters. The Kier molecular flexibility index (Phi) is 5.65. The number of allylic oxidation sites excluding steroid dienone is 1. The summed E-state index contributed by atoms with van der Waals surface area (Å²) in [6.07, 6.45) is 5.02. The van der Waals surface area contributed by atoms with E-state index in [0.717, 1.165) is 17.7 Å². The monoisotopic (exact) mass is 295 g/mol. The lowest BCUT2D eigenvalue weighted by molar-refractivity contribution is 0.623. The highest BCUT2D eigenvalue weighted by atomic mass is 19.1. The van der Waals surface area contributed by atoms with Gasteiger partial charge in [0.1, 0.15) is 5.82 Å². The van der Waals surface area contributed by atoms with Crippen LogP contribution in [0.1, 0.15) is 43.0 Å². The Balaban J connectivity index is 2.16. The first-order valence-corrected chi connectivity index (χ1v) is 7.63. The molecule has 0 aliphatic heterocycles. The van der Waals surface area contributed by atoms with Crippen LogP contribution in [-0.2, 0) is 0 Å². The highest BCUT2D eigenvalue weighted by Gasteiger charge is 2.07. The molecule has 2 rings (SSSR count). The van der Waals surface area contributed by atoms with Crippen LogP contribution < -0.4 is 0 Å². The van der Waals surface area contributed by atoms with Crippen LogP contribution >= 0.6 is 0 Å². The molecule has 1 nitrogen and oxygen atoms in total. The molecule has 0 saturated heterocycles. The highest BCUT2D eigenvalue weighted by Crippen LogP contribution is 2.21. The summed E-state index contributed by atoms with van der Waals surface area (Å²) in [5.41, 5.74) is 4.47. The second-order valence-corrected chi connectivity index (χ2v) is 5.44. The molecule has 2 aromatic rings. The molecule has 114 valence electrons. The Morgan fingerprint density at radius 1 is 1.14 bits per heavy atom. The molecule has 0 bridgehead atoms. The van der Waals surface area contributed by atoms with Crippen molar-refractivity contribution in [3.8, 4) is 0 Å². The molecule has 0 spiro atoms. The highest BCUT2D eigenvalue weighted by molar-refractivity contribution is 5.96. The molecular weight excluding hydrogens is 273 g/mol. The zero-order valence-corrected chi connectivity index (χ0v) is 13.4. The first kappa shape index (κ1) is 16.2. The van der Waals surface area contributed by atoms with Gasteiger partial charge in [-0.15, -0.1) is 0 Å². The lowest BCUT2D eigenvalue weighted by Gasteiger charge is -2.11. The third-order valence-corrected chi connectivity index (χ3v) is 3.69. The van der Waals surface area contributed by atoms with Crippen molar-refractivity contribution in [1.82, 2.24) is 0 Å². The van der Waals surface area contributed by atoms with Gasteiger partial charge < -0.3 is 0 Å². The van der Waals surface area contributed by atoms with Gasteiger partial charge >= 0.3 is 0 Å². The number of halogens is 1. The Hall–Kier alpha value is -2.22. The van der Waals surface area contributed by atoms with E-state index in [1.807, 2.05) is 37.3 Å². The van der Waals surface area contributed by atoms with Gasteiger partial charge in [0.2, 0.25) is 0 Å². The molecule has 0 N–H and O–H groups in total. The summed E-state index contributed by atoms with van der Waals surface area (Å²) in [5.74, 6) is -0.209. The predicted octanol–water partition coefficient (Wildman–Crippen LogP) is 5.76. The molecule has 0 fully saturated rings. The van der Waals surface area contributed by atoms with Gasteiger partial charge in [-0.05, 0) is 55.2 Å². The molecule has 22 heavy (non-hydrogen) atoms. The van der Waals surface area contributed by atoms with Gasteiger partial charge in [0.15, 0.2) is 0 Å². The minimum Gasteiger partial charge on any atom is -0.282 e. The van der Waals surface area contributed by atoms with Crippen molar-refractivity contribution in [2.75, 3.05) is 0 Å². The molecule has 0 aliphatic rings. The molecule has 0 heterocycles. The number of rotatable bonds is 5. The van der Waals surface area contributed by atoms with Gasteiger partial charge in [-0.2, -0.15) is 0 Å². The van der Waals surface area contributed by atoms with Gasteiger partial charge in [0.05, 0.1) is 6.04 Å². The van der Waals surface area contributed by atoms with Gasteiger partial charge in [0.25, 0.3) is 0 Å². The van der Waals surface area contributed by atoms with E-state index in [2.05, 4.69) is 32.1 Å². The Labute approximate surface area is 132 Å². The third-order valence-electron chi connectivity index (χ3n) is 3.69. The summed E-state index contributed by atoms with van der Waals surface area (Å²) in [5, 5.41) is 0. The van der Waals surface area contributed by atoms with Crippen LogP contribution in [0.15, 0.2) is 59.6 Å². The fourth-order valence-electron chi connectivity index (χ4n) is 2.36. The van der Waals surface area contributed by atoms with Crippen molar-refractivity contribution in [2.24, 2.45) is 4.99 Å². The maximum absolute atomic E-state index is 13.0. The lowest BCUT2D eigenvalue weighted by Crippen LogP contribution is -1.98. The number of benzene rings is 2. The van der Waals surface area contributed by atoms with E-state index in [0.29, 0.717) is 0 Å². The predicted molar refractivity (Wildman–Crippen MR) is 92.8 cm³/mol. The minimum absolute atomic E-state index is 0.0714. The van der Waals surface area contributed by atoms with Gasteiger partial charge in [-0.1, -0.05) is 49.4 Å². The molecule has 0 aromatic heterocycles. The molecule has 0 radical (unpaired) electrons. The first-order valence-electron chi connectivity index (χ1n) is 7.63. The number of aliphatic imine (C=N–C) groups is 1. The fourth-order valence-corrected chi connectivity index (χ4v) is 2.36. The van der Waals surface area contributed by atoms with E-state index in [1.165, 1.54) is 23.3 Å². The minimum atomic E-state index is -0.209. The van der Waals surface area contributed by atoms with Crippen LogP contribution in [-0.4, -0.2) is 5.71 Å². The zero-order chi connectivity index (χ0) is 15.9. The summed E-state index contributed by atoms with van der Waals surface area (Å²) in [4.78, 5) is 4.75. The average molecular weight is 295 g/mol. The Morgan fingerprint density at radius 2 is 1.82 bits per heavy atom. The molecule has 1 unspecified atom stereocenters. The van der Waals surface area contributed by atoms with Crippen molar-refractivity contribution >= 4 is 11.8 Å². The van der Waals surface area contributed by atoms with Crippen molar-refractivity contribution < 1.29 is 4.39 Å². The van der Waals surface area contributed by atoms with E-state index < -0.39 is 0 Å². The van der Waals surface area contributed by atoms with Gasteiger partial charge in [-0.25, -0.2) is 4.39 Å². The van der Waals surface area contributed by atoms with Crippen LogP contribution in [0.3, 0.4) is 0 Å². The van der Waals surface area contributed by atoms with Crippen LogP contribution in [0.5, 0.6) is 0 Å². The smallest absolute Gasteiger partial charge is 0.123 e. The van der Waals surface area contributed by atoms with E-state index in [4.69, 9.17) is 4.99 Å². The molecule has 0 saturated carbocycles. The molecule has 2 heteroatoms. The Bertz CT molecular complexity index is 668. The summed E-state index contributed by atoms with van der Waals surface area (Å²) in [7, 11) is 0. The Morgan fingerprint density at radius 3 is 2.45 bits per heavy atom. The van der Waals surface area contributed by atoms with E-state index in [9.17, 15) is 4.39 Å². The largest absolute Gasteiger partial charge is 0.282 e. The van der Waals surface area contributed by atoms with Crippen LogP contribution in [0, 0.1) is 12.7 Å². The zero-order valence-electron chi connectivity index (χ0n) is 13.4. The summed E-state index contributed by atoms with van der Waals surface area (Å²) in [6.45, 7) is 6.19. The molecule has 0 aliphatic carbocycles. The van der Waals surface area contributed by atoms with Crippen LogP contribution in [0.2, 0.25) is 0 Å². The van der Waals surface area contributed by atoms with Gasteiger partial charge in [-0.3, -0.25) is 4.99 Å². The van der Waals surface area contributed by atoms with Crippen LogP contribution in [0.25, 0.3) is 6.08 Å². The molecule has 2 aromatic carbocycles. The topological polar surface area (TPSA) is 12.4 Å². The third kappa shape index (κ3) is 4.39. The second kappa shape index (κ2) is 7.69. The number of hydrogen-bond acceptors (Lipinski definition) is 1. The number of hydrogen-bond donors (Lipinski definition) is 0. The number of nitrogens with zero attached hydrogens (tertiary/aromatic N) is 1. The summed E-state index contributed by atoms with van der Waals surface area (Å²) >= 11 is 0. The molecule has 0 amide bonds. The van der Waals surface area contributed by atoms with Crippen LogP contribution in [0.4, 0.5) is 4.39 Å². The van der Waals surface area contributed by atoms with E-state index in [1.54, 1.807) is 0 Å². The summed E-state index contributed by atoms with van der Waals surface area (Å²) in [6, 6.07) is 14.9. The SMILES string of the molecule is CCC(N=C(C)/C=C\c1ccccc1C)c1ccc(F)cc1. The summed E-state index contributed by atoms with van der Waals surface area (Å²) < 4.78 is 13.0. The average Bonchev–Trinajstić information content (AvgIpc) is 2.53. The van der Waals surface area contributed by atoms with Gasteiger partial charge in [0, 0.05) is 5.71 Å². The standard InChI is InChI=1S/C20H22FN/c1-4-20(18-11-13-19(21)14-12-18)22-16(3)9-10-17-8-6-5-7-15(17)2/h5-14,20H,4H2,1-3H3/b10-9-,22-16?. The molecular formula is C20H22FN. The van der Waals surface area contributed by atoms with Crippen molar-refractivity contribution in [3.05, 3.63) is 77.1 Å². The van der Waals surface area contributed by atoms with E-state index >= 15 is 0 Å². The van der Waals surface area contributed by atoms with Crippen molar-refractivity contribution in [3.63, 3.8) is 0 Å². The quantitative estimate of drug-likeness (QED) is 0.622. The van der Waals surface area contributed by atoms with E-state index in [-0.39, 0.29) is 11.9 Å². The second-order valence-electron chi connectivity index (χ2n) is 5.44. The van der Waals surface area contributed by atoms with Crippen molar-refractivity contribution in [1.29, 1.82) is 0 Å². The lowest BCUT2D eigenvalue weighted by atomic mass is 10.0. The van der Waals surface area contributed by atoms with Crippen molar-refractivity contribution in [2.45, 2.75) is 33.2 Å². The maximum atomic E-state index is 13.0.